The minimum atomic E-state index is -0.324. The SMILES string of the molecule is COc1ccc(NC(=O)Nc2ccc(-n3cc(Cl)cn3)cc2)cc1. The molecule has 0 unspecified atom stereocenters. The molecule has 0 spiro atoms. The number of hydrogen-bond acceptors (Lipinski definition) is 3. The molecule has 1 heterocycles. The first kappa shape index (κ1) is 15.9. The van der Waals surface area contributed by atoms with Gasteiger partial charge in [-0.15, -0.1) is 0 Å². The first-order valence-corrected chi connectivity index (χ1v) is 7.54. The topological polar surface area (TPSA) is 68.2 Å². The standard InChI is InChI=1S/C17H15ClN4O2/c1-24-16-8-4-14(5-9-16)21-17(23)20-13-2-6-15(7-3-13)22-11-12(18)10-19-22/h2-11H,1H3,(H2,20,21,23). The molecule has 0 atom stereocenters. The summed E-state index contributed by atoms with van der Waals surface area (Å²) in [4.78, 5) is 12.0. The van der Waals surface area contributed by atoms with Crippen LogP contribution >= 0.6 is 11.6 Å². The zero-order valence-corrected chi connectivity index (χ0v) is 13.6. The molecule has 0 aliphatic heterocycles. The van der Waals surface area contributed by atoms with Crippen LogP contribution in [-0.4, -0.2) is 22.9 Å². The number of methoxy groups -OCH3 is 1. The minimum Gasteiger partial charge on any atom is -0.497 e. The van der Waals surface area contributed by atoms with Crippen molar-refractivity contribution in [3.63, 3.8) is 0 Å². The second-order valence-electron chi connectivity index (χ2n) is 4.96. The smallest absolute Gasteiger partial charge is 0.323 e. The maximum atomic E-state index is 12.0. The van der Waals surface area contributed by atoms with Gasteiger partial charge in [-0.05, 0) is 48.5 Å². The zero-order valence-electron chi connectivity index (χ0n) is 12.9. The molecule has 2 aromatic carbocycles. The summed E-state index contributed by atoms with van der Waals surface area (Å²) in [6.07, 6.45) is 3.27. The van der Waals surface area contributed by atoms with Gasteiger partial charge in [0.2, 0.25) is 0 Å². The fourth-order valence-corrected chi connectivity index (χ4v) is 2.24. The number of hydrogen-bond donors (Lipinski definition) is 2. The van der Waals surface area contributed by atoms with Crippen molar-refractivity contribution in [2.75, 3.05) is 17.7 Å². The predicted molar refractivity (Wildman–Crippen MR) is 94.2 cm³/mol. The molecule has 3 aromatic rings. The summed E-state index contributed by atoms with van der Waals surface area (Å²) in [5.41, 5.74) is 2.20. The number of amides is 2. The monoisotopic (exact) mass is 342 g/mol. The predicted octanol–water partition coefficient (Wildman–Crippen LogP) is 4.18. The van der Waals surface area contributed by atoms with E-state index in [9.17, 15) is 4.79 Å². The Morgan fingerprint density at radius 1 is 1.04 bits per heavy atom. The number of benzene rings is 2. The maximum Gasteiger partial charge on any atom is 0.323 e. The Labute approximate surface area is 144 Å². The molecule has 2 amide bonds. The number of urea groups is 1. The Morgan fingerprint density at radius 2 is 1.62 bits per heavy atom. The molecule has 1 aromatic heterocycles. The summed E-state index contributed by atoms with van der Waals surface area (Å²) in [7, 11) is 1.59. The third-order valence-electron chi connectivity index (χ3n) is 3.29. The van der Waals surface area contributed by atoms with E-state index < -0.39 is 0 Å². The average molecular weight is 343 g/mol. The van der Waals surface area contributed by atoms with Crippen molar-refractivity contribution in [3.8, 4) is 11.4 Å². The average Bonchev–Trinajstić information content (AvgIpc) is 3.02. The van der Waals surface area contributed by atoms with Crippen LogP contribution in [0.1, 0.15) is 0 Å². The van der Waals surface area contributed by atoms with Gasteiger partial charge in [-0.2, -0.15) is 5.10 Å². The summed E-state index contributed by atoms with van der Waals surface area (Å²) in [5, 5.41) is 10.2. The number of ether oxygens (including phenoxy) is 1. The highest BCUT2D eigenvalue weighted by atomic mass is 35.5. The fourth-order valence-electron chi connectivity index (χ4n) is 2.11. The highest BCUT2D eigenvalue weighted by molar-refractivity contribution is 6.30. The second kappa shape index (κ2) is 7.06. The van der Waals surface area contributed by atoms with Gasteiger partial charge in [0.05, 0.1) is 24.0 Å². The van der Waals surface area contributed by atoms with Crippen LogP contribution in [0.25, 0.3) is 5.69 Å². The van der Waals surface area contributed by atoms with Crippen molar-refractivity contribution >= 4 is 29.0 Å². The lowest BCUT2D eigenvalue weighted by molar-refractivity contribution is 0.262. The lowest BCUT2D eigenvalue weighted by atomic mass is 10.3. The van der Waals surface area contributed by atoms with Crippen LogP contribution in [0.4, 0.5) is 16.2 Å². The quantitative estimate of drug-likeness (QED) is 0.747. The number of carbonyl (C=O) groups is 1. The minimum absolute atomic E-state index is 0.324. The number of nitrogens with zero attached hydrogens (tertiary/aromatic N) is 2. The lowest BCUT2D eigenvalue weighted by Gasteiger charge is -2.09. The van der Waals surface area contributed by atoms with Crippen molar-refractivity contribution in [1.29, 1.82) is 0 Å². The number of carbonyl (C=O) groups excluding carboxylic acids is 1. The van der Waals surface area contributed by atoms with Crippen LogP contribution in [0.3, 0.4) is 0 Å². The largest absolute Gasteiger partial charge is 0.497 e. The van der Waals surface area contributed by atoms with Crippen molar-refractivity contribution in [2.45, 2.75) is 0 Å². The summed E-state index contributed by atoms with van der Waals surface area (Å²) in [6, 6.07) is 14.0. The van der Waals surface area contributed by atoms with Crippen molar-refractivity contribution < 1.29 is 9.53 Å². The van der Waals surface area contributed by atoms with Crippen LogP contribution in [0.5, 0.6) is 5.75 Å². The van der Waals surface area contributed by atoms with Crippen molar-refractivity contribution in [3.05, 3.63) is 65.9 Å². The van der Waals surface area contributed by atoms with Gasteiger partial charge in [0, 0.05) is 17.6 Å². The highest BCUT2D eigenvalue weighted by Gasteiger charge is 2.04. The van der Waals surface area contributed by atoms with E-state index in [1.165, 1.54) is 0 Å². The lowest BCUT2D eigenvalue weighted by Crippen LogP contribution is -2.19. The van der Waals surface area contributed by atoms with Gasteiger partial charge in [-0.25, -0.2) is 9.48 Å². The number of anilines is 2. The van der Waals surface area contributed by atoms with Gasteiger partial charge < -0.3 is 15.4 Å². The summed E-state index contributed by atoms with van der Waals surface area (Å²) in [6.45, 7) is 0. The molecule has 0 radical (unpaired) electrons. The molecule has 24 heavy (non-hydrogen) atoms. The van der Waals surface area contributed by atoms with Crippen molar-refractivity contribution in [2.24, 2.45) is 0 Å². The summed E-state index contributed by atoms with van der Waals surface area (Å²) in [5.74, 6) is 0.732. The van der Waals surface area contributed by atoms with Crippen LogP contribution in [0, 0.1) is 0 Å². The Bertz CT molecular complexity index is 829. The van der Waals surface area contributed by atoms with Crippen LogP contribution in [0.15, 0.2) is 60.9 Å². The third-order valence-corrected chi connectivity index (χ3v) is 3.48. The van der Waals surface area contributed by atoms with Gasteiger partial charge in [0.1, 0.15) is 5.75 Å². The van der Waals surface area contributed by atoms with E-state index in [-0.39, 0.29) is 6.03 Å². The van der Waals surface area contributed by atoms with Crippen LogP contribution in [0.2, 0.25) is 5.02 Å². The molecule has 0 aliphatic carbocycles. The van der Waals surface area contributed by atoms with Crippen LogP contribution in [-0.2, 0) is 0 Å². The fraction of sp³-hybridized carbons (Fsp3) is 0.0588. The van der Waals surface area contributed by atoms with Crippen molar-refractivity contribution in [1.82, 2.24) is 9.78 Å². The van der Waals surface area contributed by atoms with E-state index in [2.05, 4.69) is 15.7 Å². The Balaban J connectivity index is 1.61. The molecule has 0 fully saturated rings. The Morgan fingerprint density at radius 3 is 2.12 bits per heavy atom. The third kappa shape index (κ3) is 3.85. The highest BCUT2D eigenvalue weighted by Crippen LogP contribution is 2.17. The molecule has 0 aliphatic rings. The number of rotatable bonds is 4. The molecular weight excluding hydrogens is 328 g/mol. The molecule has 7 heteroatoms. The van der Waals surface area contributed by atoms with E-state index in [0.717, 1.165) is 11.4 Å². The second-order valence-corrected chi connectivity index (χ2v) is 5.39. The van der Waals surface area contributed by atoms with E-state index in [4.69, 9.17) is 16.3 Å². The Kier molecular flexibility index (Phi) is 4.67. The Hall–Kier alpha value is -2.99. The molecule has 6 nitrogen and oxygen atoms in total. The van der Waals surface area contributed by atoms with Gasteiger partial charge in [-0.3, -0.25) is 0 Å². The van der Waals surface area contributed by atoms with Gasteiger partial charge in [-0.1, -0.05) is 11.6 Å². The van der Waals surface area contributed by atoms with Gasteiger partial charge in [0.15, 0.2) is 0 Å². The van der Waals surface area contributed by atoms with E-state index in [1.54, 1.807) is 60.6 Å². The first-order valence-electron chi connectivity index (χ1n) is 7.17. The van der Waals surface area contributed by atoms with Gasteiger partial charge >= 0.3 is 6.03 Å². The molecule has 0 saturated heterocycles. The summed E-state index contributed by atoms with van der Waals surface area (Å²) >= 11 is 5.85. The van der Waals surface area contributed by atoms with E-state index >= 15 is 0 Å². The van der Waals surface area contributed by atoms with Gasteiger partial charge in [0.25, 0.3) is 0 Å². The molecular formula is C17H15ClN4O2. The van der Waals surface area contributed by atoms with E-state index in [0.29, 0.717) is 16.4 Å². The number of aromatic nitrogens is 2. The first-order chi connectivity index (χ1) is 11.6. The zero-order chi connectivity index (χ0) is 16.9. The van der Waals surface area contributed by atoms with Crippen LogP contribution < -0.4 is 15.4 Å². The van der Waals surface area contributed by atoms with E-state index in [1.807, 2.05) is 12.1 Å². The maximum absolute atomic E-state index is 12.0. The molecule has 0 bridgehead atoms. The molecule has 2 N–H and O–H groups in total. The number of halogens is 1. The molecule has 122 valence electrons. The molecule has 3 rings (SSSR count). The number of nitrogens with one attached hydrogen (secondary N) is 2. The normalized spacial score (nSPS) is 10.2. The summed E-state index contributed by atoms with van der Waals surface area (Å²) < 4.78 is 6.73. The molecule has 0 saturated carbocycles.